The molecule has 28 heavy (non-hydrogen) atoms. The van der Waals surface area contributed by atoms with Gasteiger partial charge in [-0.15, -0.1) is 0 Å². The maximum Gasteiger partial charge on any atom is 0.159 e. The summed E-state index contributed by atoms with van der Waals surface area (Å²) < 4.78 is 2.26. The number of aryl methyl sites for hydroxylation is 1. The molecule has 0 atom stereocenters. The molecule has 3 aromatic rings. The summed E-state index contributed by atoms with van der Waals surface area (Å²) in [4.78, 5) is 16.0. The lowest BCUT2D eigenvalue weighted by Gasteiger charge is -2.20. The monoisotopic (exact) mass is 372 g/mol. The van der Waals surface area contributed by atoms with Gasteiger partial charge >= 0.3 is 0 Å². The molecule has 0 aliphatic rings. The summed E-state index contributed by atoms with van der Waals surface area (Å²) in [5.41, 5.74) is 7.60. The number of Topliss-reactive ketones (excluding diaryl/α,β-unsaturated/α-hetero) is 1. The lowest BCUT2D eigenvalue weighted by molar-refractivity contribution is 0.101. The van der Waals surface area contributed by atoms with Gasteiger partial charge in [-0.3, -0.25) is 9.79 Å². The van der Waals surface area contributed by atoms with Crippen molar-refractivity contribution < 1.29 is 4.79 Å². The fraction of sp³-hybridized carbons (Fsp3) is 0.280. The van der Waals surface area contributed by atoms with Gasteiger partial charge in [-0.05, 0) is 74.2 Å². The zero-order chi connectivity index (χ0) is 20.5. The minimum atomic E-state index is 0.0663. The van der Waals surface area contributed by atoms with E-state index in [2.05, 4.69) is 74.5 Å². The van der Waals surface area contributed by atoms with Crippen LogP contribution in [0.5, 0.6) is 0 Å². The SMILES string of the molecule is CC(=O)c1ccc(N=Cc2cc(C)n(-c3ccc(C(C)(C)C)cc3)c2C)cc1. The second kappa shape index (κ2) is 7.59. The van der Waals surface area contributed by atoms with Crippen molar-refractivity contribution in [2.75, 3.05) is 0 Å². The first-order valence-electron chi connectivity index (χ1n) is 9.62. The van der Waals surface area contributed by atoms with E-state index in [0.717, 1.165) is 22.6 Å². The van der Waals surface area contributed by atoms with Gasteiger partial charge in [0.25, 0.3) is 0 Å². The second-order valence-electron chi connectivity index (χ2n) is 8.32. The van der Waals surface area contributed by atoms with Crippen molar-refractivity contribution in [3.05, 3.63) is 82.7 Å². The zero-order valence-corrected chi connectivity index (χ0v) is 17.6. The van der Waals surface area contributed by atoms with Crippen LogP contribution in [0.2, 0.25) is 0 Å². The van der Waals surface area contributed by atoms with Crippen LogP contribution in [-0.4, -0.2) is 16.6 Å². The predicted octanol–water partition coefficient (Wildman–Crippen LogP) is 6.34. The summed E-state index contributed by atoms with van der Waals surface area (Å²) in [6, 6.07) is 18.3. The quantitative estimate of drug-likeness (QED) is 0.388. The van der Waals surface area contributed by atoms with Crippen molar-refractivity contribution in [3.8, 4) is 5.69 Å². The molecule has 0 radical (unpaired) electrons. The molecule has 3 heteroatoms. The largest absolute Gasteiger partial charge is 0.318 e. The van der Waals surface area contributed by atoms with Crippen molar-refractivity contribution in [1.29, 1.82) is 0 Å². The molecule has 0 bridgehead atoms. The number of rotatable bonds is 4. The first kappa shape index (κ1) is 19.8. The first-order valence-corrected chi connectivity index (χ1v) is 9.62. The number of ketones is 1. The van der Waals surface area contributed by atoms with Gasteiger partial charge in [-0.25, -0.2) is 0 Å². The van der Waals surface area contributed by atoms with E-state index < -0.39 is 0 Å². The van der Waals surface area contributed by atoms with Gasteiger partial charge in [-0.2, -0.15) is 0 Å². The van der Waals surface area contributed by atoms with Crippen LogP contribution in [-0.2, 0) is 5.41 Å². The van der Waals surface area contributed by atoms with Gasteiger partial charge in [0.05, 0.1) is 5.69 Å². The third kappa shape index (κ3) is 4.14. The van der Waals surface area contributed by atoms with Crippen molar-refractivity contribution in [3.63, 3.8) is 0 Å². The highest BCUT2D eigenvalue weighted by molar-refractivity contribution is 5.94. The molecule has 0 spiro atoms. The molecule has 3 nitrogen and oxygen atoms in total. The van der Waals surface area contributed by atoms with Gasteiger partial charge < -0.3 is 4.57 Å². The second-order valence-corrected chi connectivity index (χ2v) is 8.32. The minimum Gasteiger partial charge on any atom is -0.318 e. The average Bonchev–Trinajstić information content (AvgIpc) is 2.93. The number of nitrogens with zero attached hydrogens (tertiary/aromatic N) is 2. The van der Waals surface area contributed by atoms with Gasteiger partial charge in [0.1, 0.15) is 0 Å². The highest BCUT2D eigenvalue weighted by atomic mass is 16.1. The van der Waals surface area contributed by atoms with Crippen LogP contribution in [0.1, 0.15) is 60.6 Å². The number of hydrogen-bond donors (Lipinski definition) is 0. The molecule has 0 aliphatic carbocycles. The Kier molecular flexibility index (Phi) is 5.37. The number of benzene rings is 2. The van der Waals surface area contributed by atoms with E-state index in [1.165, 1.54) is 11.3 Å². The molecule has 0 N–H and O–H groups in total. The Labute approximate surface area is 167 Å². The van der Waals surface area contributed by atoms with Gasteiger partial charge in [0.2, 0.25) is 0 Å². The Balaban J connectivity index is 1.88. The number of aromatic nitrogens is 1. The maximum atomic E-state index is 11.4. The summed E-state index contributed by atoms with van der Waals surface area (Å²) in [5.74, 6) is 0.0663. The van der Waals surface area contributed by atoms with E-state index in [-0.39, 0.29) is 11.2 Å². The van der Waals surface area contributed by atoms with Gasteiger partial charge in [0, 0.05) is 34.4 Å². The molecular formula is C25H28N2O. The van der Waals surface area contributed by atoms with Crippen molar-refractivity contribution in [2.24, 2.45) is 4.99 Å². The van der Waals surface area contributed by atoms with Crippen LogP contribution in [0, 0.1) is 13.8 Å². The van der Waals surface area contributed by atoms with Crippen molar-refractivity contribution in [1.82, 2.24) is 4.57 Å². The summed E-state index contributed by atoms with van der Waals surface area (Å²) >= 11 is 0. The fourth-order valence-electron chi connectivity index (χ4n) is 3.35. The highest BCUT2D eigenvalue weighted by Crippen LogP contribution is 2.25. The van der Waals surface area contributed by atoms with Crippen molar-refractivity contribution >= 4 is 17.7 Å². The number of hydrogen-bond acceptors (Lipinski definition) is 2. The Hall–Kier alpha value is -2.94. The molecule has 0 amide bonds. The van der Waals surface area contributed by atoms with E-state index in [1.807, 2.05) is 30.5 Å². The Morgan fingerprint density at radius 2 is 1.57 bits per heavy atom. The molecule has 144 valence electrons. The molecule has 2 aromatic carbocycles. The normalized spacial score (nSPS) is 11.9. The van der Waals surface area contributed by atoms with Gasteiger partial charge in [0.15, 0.2) is 5.78 Å². The lowest BCUT2D eigenvalue weighted by atomic mass is 9.87. The summed E-state index contributed by atoms with van der Waals surface area (Å²) in [7, 11) is 0. The van der Waals surface area contributed by atoms with E-state index in [4.69, 9.17) is 0 Å². The standard InChI is InChI=1S/C25H28N2O/c1-17-15-21(16-26-23-11-7-20(8-12-23)19(3)28)18(2)27(17)24-13-9-22(10-14-24)25(4,5)6/h7-16H,1-6H3. The Bertz CT molecular complexity index is 1010. The third-order valence-electron chi connectivity index (χ3n) is 5.09. The van der Waals surface area contributed by atoms with E-state index in [1.54, 1.807) is 6.92 Å². The highest BCUT2D eigenvalue weighted by Gasteiger charge is 2.14. The molecular weight excluding hydrogens is 344 g/mol. The maximum absolute atomic E-state index is 11.4. The van der Waals surface area contributed by atoms with Crippen molar-refractivity contribution in [2.45, 2.75) is 47.0 Å². The molecule has 0 unspecified atom stereocenters. The van der Waals surface area contributed by atoms with Crippen LogP contribution in [0.3, 0.4) is 0 Å². The molecule has 3 rings (SSSR count). The van der Waals surface area contributed by atoms with Crippen LogP contribution in [0.4, 0.5) is 5.69 Å². The predicted molar refractivity (Wildman–Crippen MR) is 118 cm³/mol. The van der Waals surface area contributed by atoms with Gasteiger partial charge in [-0.1, -0.05) is 32.9 Å². The third-order valence-corrected chi connectivity index (χ3v) is 5.09. The molecule has 0 saturated heterocycles. The summed E-state index contributed by atoms with van der Waals surface area (Å²) in [5, 5.41) is 0. The molecule has 1 aromatic heterocycles. The lowest BCUT2D eigenvalue weighted by Crippen LogP contribution is -2.11. The zero-order valence-electron chi connectivity index (χ0n) is 17.6. The average molecular weight is 373 g/mol. The Morgan fingerprint density at radius 3 is 2.11 bits per heavy atom. The van der Waals surface area contributed by atoms with Crippen LogP contribution in [0.25, 0.3) is 5.69 Å². The number of carbonyl (C=O) groups excluding carboxylic acids is 1. The minimum absolute atomic E-state index is 0.0663. The summed E-state index contributed by atoms with van der Waals surface area (Å²) in [6.45, 7) is 12.5. The number of carbonyl (C=O) groups is 1. The topological polar surface area (TPSA) is 34.4 Å². The smallest absolute Gasteiger partial charge is 0.159 e. The van der Waals surface area contributed by atoms with Crippen LogP contribution in [0.15, 0.2) is 59.6 Å². The van der Waals surface area contributed by atoms with E-state index in [0.29, 0.717) is 5.56 Å². The number of aliphatic imine (C=N–C) groups is 1. The molecule has 1 heterocycles. The van der Waals surface area contributed by atoms with E-state index in [9.17, 15) is 4.79 Å². The van der Waals surface area contributed by atoms with Crippen LogP contribution >= 0.6 is 0 Å². The fourth-order valence-corrected chi connectivity index (χ4v) is 3.35. The first-order chi connectivity index (χ1) is 13.2. The molecule has 0 saturated carbocycles. The molecule has 0 aliphatic heterocycles. The van der Waals surface area contributed by atoms with E-state index >= 15 is 0 Å². The molecule has 0 fully saturated rings. The summed E-state index contributed by atoms with van der Waals surface area (Å²) in [6.07, 6.45) is 1.89. The Morgan fingerprint density at radius 1 is 0.964 bits per heavy atom. The van der Waals surface area contributed by atoms with Crippen LogP contribution < -0.4 is 0 Å².